The monoisotopic (exact) mass is 346 g/mol. The topological polar surface area (TPSA) is 80.4 Å². The number of hydrogen-bond donors (Lipinski definition) is 1. The second-order valence-corrected chi connectivity index (χ2v) is 7.43. The number of furan rings is 1. The van der Waals surface area contributed by atoms with Gasteiger partial charge in [0.15, 0.2) is 0 Å². The molecule has 126 valence electrons. The van der Waals surface area contributed by atoms with E-state index >= 15 is 0 Å². The van der Waals surface area contributed by atoms with Crippen LogP contribution < -0.4 is 5.32 Å². The second-order valence-electron chi connectivity index (χ2n) is 5.34. The van der Waals surface area contributed by atoms with Gasteiger partial charge in [-0.2, -0.15) is 5.10 Å². The molecule has 1 N–H and O–H groups in total. The van der Waals surface area contributed by atoms with Crippen LogP contribution in [0.15, 0.2) is 64.2 Å². The Balaban J connectivity index is 1.67. The van der Waals surface area contributed by atoms with Crippen LogP contribution in [0.4, 0.5) is 5.82 Å². The molecule has 2 aromatic heterocycles. The van der Waals surface area contributed by atoms with Crippen LogP contribution in [-0.2, 0) is 16.6 Å². The Morgan fingerprint density at radius 3 is 2.58 bits per heavy atom. The molecule has 0 aliphatic carbocycles. The number of hydrogen-bond acceptors (Lipinski definition) is 5. The van der Waals surface area contributed by atoms with Gasteiger partial charge in [-0.3, -0.25) is 0 Å². The largest absolute Gasteiger partial charge is 0.446 e. The van der Waals surface area contributed by atoms with Crippen LogP contribution in [0.1, 0.15) is 5.76 Å². The molecule has 0 radical (unpaired) electrons. The highest BCUT2D eigenvalue weighted by atomic mass is 32.2. The number of anilines is 1. The van der Waals surface area contributed by atoms with E-state index in [-0.39, 0.29) is 5.09 Å². The third-order valence-electron chi connectivity index (χ3n) is 3.43. The minimum atomic E-state index is -3.55. The number of para-hydroxylation sites is 1. The van der Waals surface area contributed by atoms with Crippen molar-refractivity contribution in [2.24, 2.45) is 0 Å². The average molecular weight is 346 g/mol. The van der Waals surface area contributed by atoms with Crippen molar-refractivity contribution < 1.29 is 12.8 Å². The molecule has 0 aliphatic rings. The number of nitrogens with zero attached hydrogens (tertiary/aromatic N) is 3. The standard InChI is InChI=1S/C16H18N4O3S/c1-19(2)24(21,22)16-9-8-14(23-16)12-17-15-10-11-20(18-15)13-6-4-3-5-7-13/h3-11H,12H2,1-2H3,(H,17,18). The van der Waals surface area contributed by atoms with E-state index < -0.39 is 10.0 Å². The van der Waals surface area contributed by atoms with Crippen molar-refractivity contribution in [1.29, 1.82) is 0 Å². The molecule has 0 aliphatic heterocycles. The number of aromatic nitrogens is 2. The van der Waals surface area contributed by atoms with Crippen molar-refractivity contribution >= 4 is 15.8 Å². The third-order valence-corrected chi connectivity index (χ3v) is 5.11. The van der Waals surface area contributed by atoms with Crippen LogP contribution in [0.25, 0.3) is 5.69 Å². The highest BCUT2D eigenvalue weighted by Crippen LogP contribution is 2.18. The van der Waals surface area contributed by atoms with Gasteiger partial charge in [0.05, 0.1) is 12.2 Å². The van der Waals surface area contributed by atoms with Gasteiger partial charge in [0, 0.05) is 26.4 Å². The third kappa shape index (κ3) is 3.34. The van der Waals surface area contributed by atoms with Gasteiger partial charge in [-0.05, 0) is 24.3 Å². The number of sulfonamides is 1. The predicted octanol–water partition coefficient (Wildman–Crippen LogP) is 2.33. The molecule has 0 fully saturated rings. The van der Waals surface area contributed by atoms with Crippen LogP contribution in [0.5, 0.6) is 0 Å². The molecular weight excluding hydrogens is 328 g/mol. The Hall–Kier alpha value is -2.58. The van der Waals surface area contributed by atoms with E-state index in [1.807, 2.05) is 42.6 Å². The number of nitrogens with one attached hydrogen (secondary N) is 1. The van der Waals surface area contributed by atoms with Crippen molar-refractivity contribution in [2.45, 2.75) is 11.6 Å². The van der Waals surface area contributed by atoms with Gasteiger partial charge in [0.25, 0.3) is 10.0 Å². The van der Waals surface area contributed by atoms with E-state index in [4.69, 9.17) is 4.42 Å². The lowest BCUT2D eigenvalue weighted by Gasteiger charge is -2.07. The zero-order valence-corrected chi connectivity index (χ0v) is 14.2. The van der Waals surface area contributed by atoms with Crippen molar-refractivity contribution in [3.05, 3.63) is 60.5 Å². The predicted molar refractivity (Wildman–Crippen MR) is 90.5 cm³/mol. The highest BCUT2D eigenvalue weighted by Gasteiger charge is 2.21. The zero-order chi connectivity index (χ0) is 17.2. The molecule has 24 heavy (non-hydrogen) atoms. The first-order valence-electron chi connectivity index (χ1n) is 7.33. The zero-order valence-electron chi connectivity index (χ0n) is 13.4. The van der Waals surface area contributed by atoms with E-state index in [0.717, 1.165) is 9.99 Å². The van der Waals surface area contributed by atoms with Gasteiger partial charge >= 0.3 is 0 Å². The molecule has 1 aromatic carbocycles. The fourth-order valence-corrected chi connectivity index (χ4v) is 2.90. The summed E-state index contributed by atoms with van der Waals surface area (Å²) in [6.45, 7) is 0.342. The van der Waals surface area contributed by atoms with Crippen LogP contribution >= 0.6 is 0 Å². The fraction of sp³-hybridized carbons (Fsp3) is 0.188. The Labute approximate surface area is 140 Å². The van der Waals surface area contributed by atoms with E-state index in [1.165, 1.54) is 20.2 Å². The summed E-state index contributed by atoms with van der Waals surface area (Å²) in [5, 5.41) is 7.46. The van der Waals surface area contributed by atoms with E-state index in [2.05, 4.69) is 10.4 Å². The Bertz CT molecular complexity index is 914. The molecular formula is C16H18N4O3S. The van der Waals surface area contributed by atoms with Gasteiger partial charge in [-0.25, -0.2) is 17.4 Å². The Morgan fingerprint density at radius 2 is 1.88 bits per heavy atom. The molecule has 0 saturated carbocycles. The Kier molecular flexibility index (Phi) is 4.41. The van der Waals surface area contributed by atoms with Crippen molar-refractivity contribution in [2.75, 3.05) is 19.4 Å². The van der Waals surface area contributed by atoms with Gasteiger partial charge < -0.3 is 9.73 Å². The van der Waals surface area contributed by atoms with Gasteiger partial charge in [-0.1, -0.05) is 18.2 Å². The van der Waals surface area contributed by atoms with Gasteiger partial charge in [0.1, 0.15) is 11.6 Å². The van der Waals surface area contributed by atoms with Crippen molar-refractivity contribution in [1.82, 2.24) is 14.1 Å². The smallest absolute Gasteiger partial charge is 0.275 e. The summed E-state index contributed by atoms with van der Waals surface area (Å²) in [7, 11) is -0.623. The molecule has 0 spiro atoms. The fourth-order valence-electron chi connectivity index (χ4n) is 2.09. The quantitative estimate of drug-likeness (QED) is 0.741. The number of rotatable bonds is 6. The van der Waals surface area contributed by atoms with Crippen molar-refractivity contribution in [3.63, 3.8) is 0 Å². The van der Waals surface area contributed by atoms with Crippen LogP contribution in [0.3, 0.4) is 0 Å². The lowest BCUT2D eigenvalue weighted by molar-refractivity contribution is 0.402. The van der Waals surface area contributed by atoms with E-state index in [1.54, 1.807) is 10.7 Å². The van der Waals surface area contributed by atoms with Crippen molar-refractivity contribution in [3.8, 4) is 5.69 Å². The summed E-state index contributed by atoms with van der Waals surface area (Å²) < 4.78 is 32.2. The Morgan fingerprint density at radius 1 is 1.12 bits per heavy atom. The molecule has 0 unspecified atom stereocenters. The summed E-state index contributed by atoms with van der Waals surface area (Å²) in [5.41, 5.74) is 0.961. The first-order valence-corrected chi connectivity index (χ1v) is 8.77. The van der Waals surface area contributed by atoms with Crippen LogP contribution in [0.2, 0.25) is 0 Å². The summed E-state index contributed by atoms with van der Waals surface area (Å²) in [6, 6.07) is 14.7. The normalized spacial score (nSPS) is 11.8. The molecule has 3 aromatic rings. The lowest BCUT2D eigenvalue weighted by atomic mass is 10.3. The summed E-state index contributed by atoms with van der Waals surface area (Å²) >= 11 is 0. The molecule has 7 nitrogen and oxygen atoms in total. The summed E-state index contributed by atoms with van der Waals surface area (Å²) in [5.74, 6) is 1.19. The summed E-state index contributed by atoms with van der Waals surface area (Å²) in [6.07, 6.45) is 1.85. The minimum absolute atomic E-state index is 0.0703. The molecule has 0 bridgehead atoms. The highest BCUT2D eigenvalue weighted by molar-refractivity contribution is 7.88. The maximum atomic E-state index is 12.0. The van der Waals surface area contributed by atoms with Crippen LogP contribution in [-0.4, -0.2) is 36.6 Å². The number of benzene rings is 1. The summed E-state index contributed by atoms with van der Waals surface area (Å²) in [4.78, 5) is 0. The second kappa shape index (κ2) is 6.50. The first-order chi connectivity index (χ1) is 11.5. The first kappa shape index (κ1) is 16.3. The average Bonchev–Trinajstić information content (AvgIpc) is 3.23. The molecule has 2 heterocycles. The maximum absolute atomic E-state index is 12.0. The SMILES string of the molecule is CN(C)S(=O)(=O)c1ccc(CNc2ccn(-c3ccccc3)n2)o1. The molecule has 0 atom stereocenters. The minimum Gasteiger partial charge on any atom is -0.446 e. The lowest BCUT2D eigenvalue weighted by Crippen LogP contribution is -2.21. The maximum Gasteiger partial charge on any atom is 0.275 e. The molecule has 0 saturated heterocycles. The molecule has 3 rings (SSSR count). The van der Waals surface area contributed by atoms with Gasteiger partial charge in [0.2, 0.25) is 5.09 Å². The van der Waals surface area contributed by atoms with Gasteiger partial charge in [-0.15, -0.1) is 0 Å². The van der Waals surface area contributed by atoms with Crippen LogP contribution in [0, 0.1) is 0 Å². The van der Waals surface area contributed by atoms with E-state index in [0.29, 0.717) is 18.1 Å². The van der Waals surface area contributed by atoms with E-state index in [9.17, 15) is 8.42 Å². The molecule has 0 amide bonds. The molecule has 8 heteroatoms.